The van der Waals surface area contributed by atoms with Gasteiger partial charge < -0.3 is 6.92 Å². The molecule has 0 spiro atoms. The second-order valence-electron chi connectivity index (χ2n) is 3.74. The van der Waals surface area contributed by atoms with Gasteiger partial charge in [-0.1, -0.05) is 13.3 Å². The topological polar surface area (TPSA) is 0 Å². The molecule has 0 unspecified atom stereocenters. The first-order valence-corrected chi connectivity index (χ1v) is 6.71. The molecule has 0 aliphatic heterocycles. The third-order valence-electron chi connectivity index (χ3n) is 2.02. The Hall–Kier alpha value is 1.05. The maximum Gasteiger partial charge on any atom is 0 e. The van der Waals surface area contributed by atoms with Crippen molar-refractivity contribution in [3.8, 4) is 0 Å². The van der Waals surface area contributed by atoms with E-state index in [2.05, 4.69) is 13.8 Å². The zero-order valence-electron chi connectivity index (χ0n) is 12.3. The van der Waals surface area contributed by atoms with Gasteiger partial charge in [-0.25, -0.2) is 0 Å². The predicted octanol–water partition coefficient (Wildman–Crippen LogP) is 4.68. The summed E-state index contributed by atoms with van der Waals surface area (Å²) >= 11 is 0. The van der Waals surface area contributed by atoms with Crippen LogP contribution in [0.3, 0.4) is 0 Å². The second-order valence-corrected chi connectivity index (χ2v) is 3.74. The molecule has 3 aliphatic rings. The van der Waals surface area contributed by atoms with Crippen LogP contribution >= 0.6 is 0 Å². The molecule has 0 nitrogen and oxygen atoms in total. The zero-order valence-corrected chi connectivity index (χ0v) is 16.4. The minimum Gasteiger partial charge on any atom is -0.343 e. The van der Waals surface area contributed by atoms with E-state index in [1.165, 1.54) is 6.42 Å². The third-order valence-corrected chi connectivity index (χ3v) is 2.02. The molecular formula is C19H24U-. The van der Waals surface area contributed by atoms with Crippen molar-refractivity contribution in [3.63, 3.8) is 0 Å². The average molecular weight is 490 g/mol. The van der Waals surface area contributed by atoms with Gasteiger partial charge in [0.15, 0.2) is 0 Å². The first kappa shape index (κ1) is 23.3. The van der Waals surface area contributed by atoms with E-state index in [9.17, 15) is 0 Å². The van der Waals surface area contributed by atoms with Crippen molar-refractivity contribution >= 4 is 0 Å². The summed E-state index contributed by atoms with van der Waals surface area (Å²) < 4.78 is 0. The minimum atomic E-state index is 0. The Morgan fingerprint density at radius 1 is 0.500 bits per heavy atom. The van der Waals surface area contributed by atoms with E-state index in [0.717, 1.165) is 6.42 Å². The van der Waals surface area contributed by atoms with Crippen LogP contribution in [0, 0.1) is 134 Å². The van der Waals surface area contributed by atoms with Crippen LogP contribution in [0.15, 0.2) is 0 Å². The second kappa shape index (κ2) is 22.3. The van der Waals surface area contributed by atoms with Gasteiger partial charge in [-0.05, 0) is 96.3 Å². The SMILES string of the molecule is [CH2-]CCC.[CH]1[CH][CH][CH][CH]1.[CH]1[CH][CH][CH][CH]1.[CH]1[CH][CH][CH][CH]1.[U]. The van der Waals surface area contributed by atoms with E-state index < -0.39 is 0 Å². The molecule has 0 amide bonds. The molecule has 1 heteroatoms. The predicted molar refractivity (Wildman–Crippen MR) is 84.8 cm³/mol. The molecule has 0 atom stereocenters. The van der Waals surface area contributed by atoms with Gasteiger partial charge >= 0.3 is 0 Å². The van der Waals surface area contributed by atoms with Crippen molar-refractivity contribution in [2.24, 2.45) is 0 Å². The normalized spacial score (nSPS) is 19.5. The van der Waals surface area contributed by atoms with Crippen LogP contribution in [0.4, 0.5) is 0 Å². The fraction of sp³-hybridized carbons (Fsp3) is 0.158. The first-order chi connectivity index (χ1) is 9.41. The third kappa shape index (κ3) is 21.4. The molecular weight excluding hydrogens is 466 g/mol. The summed E-state index contributed by atoms with van der Waals surface area (Å²) in [6.45, 7) is 5.72. The molecule has 105 valence electrons. The van der Waals surface area contributed by atoms with E-state index in [4.69, 9.17) is 0 Å². The Bertz CT molecular complexity index is 84.1. The quantitative estimate of drug-likeness (QED) is 0.469. The number of hydrogen-bond acceptors (Lipinski definition) is 0. The molecule has 0 aromatic rings. The molecule has 20 heavy (non-hydrogen) atoms. The Kier molecular flexibility index (Phi) is 26.0. The van der Waals surface area contributed by atoms with Crippen LogP contribution in [0.25, 0.3) is 0 Å². The molecule has 3 aliphatic carbocycles. The summed E-state index contributed by atoms with van der Waals surface area (Å²) in [5, 5.41) is 0. The monoisotopic (exact) mass is 490 g/mol. The van der Waals surface area contributed by atoms with E-state index in [1.54, 1.807) is 0 Å². The van der Waals surface area contributed by atoms with Crippen LogP contribution in [0.5, 0.6) is 0 Å². The van der Waals surface area contributed by atoms with E-state index in [0.29, 0.717) is 0 Å². The fourth-order valence-corrected chi connectivity index (χ4v) is 0.962. The number of unbranched alkanes of at least 4 members (excludes halogenated alkanes) is 1. The van der Waals surface area contributed by atoms with Crippen molar-refractivity contribution in [1.29, 1.82) is 0 Å². The summed E-state index contributed by atoms with van der Waals surface area (Å²) in [5.41, 5.74) is 0. The van der Waals surface area contributed by atoms with Crippen molar-refractivity contribution in [2.45, 2.75) is 19.8 Å². The van der Waals surface area contributed by atoms with E-state index >= 15 is 0 Å². The molecule has 0 aromatic carbocycles. The van der Waals surface area contributed by atoms with Crippen molar-refractivity contribution in [2.75, 3.05) is 0 Å². The van der Waals surface area contributed by atoms with Crippen molar-refractivity contribution < 1.29 is 31.1 Å². The van der Waals surface area contributed by atoms with E-state index in [1.807, 2.05) is 96.3 Å². The van der Waals surface area contributed by atoms with Crippen LogP contribution in [-0.4, -0.2) is 0 Å². The largest absolute Gasteiger partial charge is 0.343 e. The summed E-state index contributed by atoms with van der Waals surface area (Å²) in [6, 6.07) is 0. The molecule has 0 aromatic heterocycles. The molecule has 0 saturated heterocycles. The fourth-order valence-electron chi connectivity index (χ4n) is 0.962. The van der Waals surface area contributed by atoms with Gasteiger partial charge in [-0.3, -0.25) is 0 Å². The Labute approximate surface area is 153 Å². The van der Waals surface area contributed by atoms with Gasteiger partial charge in [-0.2, -0.15) is 6.42 Å². The number of rotatable bonds is 1. The molecule has 3 rings (SSSR count). The van der Waals surface area contributed by atoms with Crippen LogP contribution in [0.1, 0.15) is 19.8 Å². The molecule has 3 fully saturated rings. The summed E-state index contributed by atoms with van der Waals surface area (Å²) in [5.74, 6) is 0. The van der Waals surface area contributed by atoms with Gasteiger partial charge in [0.05, 0.1) is 0 Å². The Morgan fingerprint density at radius 2 is 0.600 bits per heavy atom. The van der Waals surface area contributed by atoms with E-state index in [-0.39, 0.29) is 31.1 Å². The van der Waals surface area contributed by atoms with Crippen LogP contribution in [0.2, 0.25) is 0 Å². The molecule has 0 N–H and O–H groups in total. The summed E-state index contributed by atoms with van der Waals surface area (Å²) in [6.07, 6.45) is 32.3. The summed E-state index contributed by atoms with van der Waals surface area (Å²) in [7, 11) is 0. The minimum absolute atomic E-state index is 0. The van der Waals surface area contributed by atoms with Crippen LogP contribution in [-0.2, 0) is 0 Å². The zero-order chi connectivity index (χ0) is 14.0. The Balaban J connectivity index is 0. The first-order valence-electron chi connectivity index (χ1n) is 6.71. The van der Waals surface area contributed by atoms with Gasteiger partial charge in [0, 0.05) is 31.1 Å². The molecule has 3 saturated carbocycles. The van der Waals surface area contributed by atoms with Gasteiger partial charge in [0.1, 0.15) is 0 Å². The standard InChI is InChI=1S/3C5H5.C4H9.U/c3*1-2-4-5-3-1;1-3-4-2;/h3*1-5H;1,3-4H2,2H3;/q;;;-1;. The Morgan fingerprint density at radius 3 is 0.650 bits per heavy atom. The molecule has 0 heterocycles. The van der Waals surface area contributed by atoms with Gasteiger partial charge in [-0.15, -0.1) is 0 Å². The molecule has 0 bridgehead atoms. The van der Waals surface area contributed by atoms with Gasteiger partial charge in [0.25, 0.3) is 0 Å². The van der Waals surface area contributed by atoms with Crippen molar-refractivity contribution in [1.82, 2.24) is 0 Å². The maximum atomic E-state index is 3.60. The van der Waals surface area contributed by atoms with Crippen molar-refractivity contribution in [3.05, 3.63) is 103 Å². The molecule has 15 radical (unpaired) electrons. The smallest absolute Gasteiger partial charge is 0 e. The van der Waals surface area contributed by atoms with Gasteiger partial charge in [0.2, 0.25) is 0 Å². The van der Waals surface area contributed by atoms with Crippen LogP contribution < -0.4 is 0 Å². The summed E-state index contributed by atoms with van der Waals surface area (Å²) in [4.78, 5) is 0. The number of hydrogen-bond donors (Lipinski definition) is 0. The maximum absolute atomic E-state index is 3.60. The average Bonchev–Trinajstić information content (AvgIpc) is 3.28.